The summed E-state index contributed by atoms with van der Waals surface area (Å²) in [5.41, 5.74) is 1.05. The van der Waals surface area contributed by atoms with Crippen LogP contribution in [0.5, 0.6) is 0 Å². The van der Waals surface area contributed by atoms with Crippen LogP contribution in [0, 0.1) is 0 Å². The van der Waals surface area contributed by atoms with Crippen LogP contribution in [-0.2, 0) is 9.53 Å². The Bertz CT molecular complexity index is 341. The van der Waals surface area contributed by atoms with Crippen molar-refractivity contribution in [2.75, 3.05) is 13.7 Å². The smallest absolute Gasteiger partial charge is 0.319 e. The molecule has 0 aliphatic rings. The summed E-state index contributed by atoms with van der Waals surface area (Å²) >= 11 is 5.86. The van der Waals surface area contributed by atoms with Gasteiger partial charge < -0.3 is 10.1 Å². The summed E-state index contributed by atoms with van der Waals surface area (Å²) in [7, 11) is 1.37. The zero-order valence-corrected chi connectivity index (χ0v) is 9.54. The summed E-state index contributed by atoms with van der Waals surface area (Å²) in [5, 5.41) is 3.74. The molecule has 0 aromatic heterocycles. The average Bonchev–Trinajstić information content (AvgIpc) is 2.25. The van der Waals surface area contributed by atoms with Gasteiger partial charge in [0.2, 0.25) is 0 Å². The highest BCUT2D eigenvalue weighted by molar-refractivity contribution is 6.30. The molecule has 0 amide bonds. The lowest BCUT2D eigenvalue weighted by Crippen LogP contribution is -2.26. The number of esters is 1. The van der Waals surface area contributed by atoms with Crippen LogP contribution in [0.2, 0.25) is 5.02 Å². The molecule has 0 saturated heterocycles. The molecule has 1 N–H and O–H groups in total. The van der Waals surface area contributed by atoms with E-state index < -0.39 is 0 Å². The average molecular weight is 228 g/mol. The summed E-state index contributed by atoms with van der Waals surface area (Å²) in [5.74, 6) is -0.274. The Hall–Kier alpha value is -1.06. The maximum Gasteiger partial charge on any atom is 0.319 e. The largest absolute Gasteiger partial charge is 0.468 e. The molecule has 1 rings (SSSR count). The van der Waals surface area contributed by atoms with E-state index in [9.17, 15) is 4.79 Å². The molecule has 82 valence electrons. The number of hydrogen-bond acceptors (Lipinski definition) is 3. The van der Waals surface area contributed by atoms with Gasteiger partial charge in [0.05, 0.1) is 13.7 Å². The van der Waals surface area contributed by atoms with Gasteiger partial charge in [0.15, 0.2) is 0 Å². The van der Waals surface area contributed by atoms with Crippen molar-refractivity contribution in [3.63, 3.8) is 0 Å². The quantitative estimate of drug-likeness (QED) is 0.802. The zero-order valence-electron chi connectivity index (χ0n) is 8.79. The molecule has 0 aliphatic carbocycles. The summed E-state index contributed by atoms with van der Waals surface area (Å²) in [6.07, 6.45) is 0. The predicted molar refractivity (Wildman–Crippen MR) is 59.9 cm³/mol. The Kier molecular flexibility index (Phi) is 4.59. The molecule has 0 unspecified atom stereocenters. The second kappa shape index (κ2) is 5.73. The van der Waals surface area contributed by atoms with Gasteiger partial charge in [-0.15, -0.1) is 0 Å². The van der Waals surface area contributed by atoms with Crippen LogP contribution in [0.4, 0.5) is 0 Å². The van der Waals surface area contributed by atoms with E-state index in [1.54, 1.807) is 0 Å². The molecule has 0 fully saturated rings. The van der Waals surface area contributed by atoms with Crippen molar-refractivity contribution in [3.8, 4) is 0 Å². The number of ether oxygens (including phenoxy) is 1. The van der Waals surface area contributed by atoms with E-state index in [4.69, 9.17) is 11.6 Å². The number of methoxy groups -OCH3 is 1. The van der Waals surface area contributed by atoms with Crippen molar-refractivity contribution in [3.05, 3.63) is 34.9 Å². The van der Waals surface area contributed by atoms with Crippen LogP contribution >= 0.6 is 11.6 Å². The minimum Gasteiger partial charge on any atom is -0.468 e. The molecule has 0 radical (unpaired) electrons. The fraction of sp³-hybridized carbons (Fsp3) is 0.364. The van der Waals surface area contributed by atoms with Crippen molar-refractivity contribution in [2.45, 2.75) is 13.0 Å². The van der Waals surface area contributed by atoms with Crippen molar-refractivity contribution in [1.82, 2.24) is 5.32 Å². The maximum atomic E-state index is 10.9. The molecule has 1 aromatic carbocycles. The highest BCUT2D eigenvalue weighted by atomic mass is 35.5. The van der Waals surface area contributed by atoms with E-state index in [0.717, 1.165) is 5.56 Å². The highest BCUT2D eigenvalue weighted by Crippen LogP contribution is 2.16. The lowest BCUT2D eigenvalue weighted by atomic mass is 10.1. The normalized spacial score (nSPS) is 12.2. The van der Waals surface area contributed by atoms with Gasteiger partial charge in [-0.25, -0.2) is 0 Å². The Balaban J connectivity index is 2.53. The van der Waals surface area contributed by atoms with Crippen LogP contribution in [-0.4, -0.2) is 19.6 Å². The minimum atomic E-state index is -0.274. The molecular weight excluding hydrogens is 214 g/mol. The van der Waals surface area contributed by atoms with Crippen molar-refractivity contribution >= 4 is 17.6 Å². The lowest BCUT2D eigenvalue weighted by molar-refractivity contribution is -0.139. The molecule has 0 spiro atoms. The molecule has 1 aromatic rings. The number of nitrogens with one attached hydrogen (secondary N) is 1. The van der Waals surface area contributed by atoms with E-state index in [0.29, 0.717) is 5.02 Å². The first kappa shape index (κ1) is 12.0. The summed E-state index contributed by atoms with van der Waals surface area (Å²) in [6.45, 7) is 2.17. The van der Waals surface area contributed by atoms with Gasteiger partial charge in [0.1, 0.15) is 0 Å². The van der Waals surface area contributed by atoms with Crippen molar-refractivity contribution in [1.29, 1.82) is 0 Å². The summed E-state index contributed by atoms with van der Waals surface area (Å²) in [6, 6.07) is 7.60. The van der Waals surface area contributed by atoms with Crippen LogP contribution < -0.4 is 5.32 Å². The second-order valence-corrected chi connectivity index (χ2v) is 3.67. The molecule has 4 heteroatoms. The second-order valence-electron chi connectivity index (χ2n) is 3.23. The number of rotatable bonds is 4. The van der Waals surface area contributed by atoms with Gasteiger partial charge in [-0.3, -0.25) is 4.79 Å². The Morgan fingerprint density at radius 3 is 2.93 bits per heavy atom. The number of halogens is 1. The zero-order chi connectivity index (χ0) is 11.3. The molecule has 0 saturated carbocycles. The number of carbonyl (C=O) groups excluding carboxylic acids is 1. The van der Waals surface area contributed by atoms with Gasteiger partial charge in [-0.1, -0.05) is 23.7 Å². The maximum absolute atomic E-state index is 10.9. The van der Waals surface area contributed by atoms with Gasteiger partial charge in [0.25, 0.3) is 0 Å². The molecular formula is C11H14ClNO2. The number of carbonyl (C=O) groups is 1. The Morgan fingerprint density at radius 2 is 2.33 bits per heavy atom. The fourth-order valence-corrected chi connectivity index (χ4v) is 1.40. The number of benzene rings is 1. The van der Waals surface area contributed by atoms with Crippen molar-refractivity contribution < 1.29 is 9.53 Å². The van der Waals surface area contributed by atoms with E-state index in [2.05, 4.69) is 10.1 Å². The van der Waals surface area contributed by atoms with Crippen LogP contribution in [0.3, 0.4) is 0 Å². The minimum absolute atomic E-state index is 0.0720. The van der Waals surface area contributed by atoms with Crippen LogP contribution in [0.15, 0.2) is 24.3 Å². The third-order valence-electron chi connectivity index (χ3n) is 2.13. The molecule has 15 heavy (non-hydrogen) atoms. The predicted octanol–water partition coefficient (Wildman–Crippen LogP) is 2.16. The fourth-order valence-electron chi connectivity index (χ4n) is 1.20. The van der Waals surface area contributed by atoms with Gasteiger partial charge in [-0.2, -0.15) is 0 Å². The molecule has 0 bridgehead atoms. The molecule has 0 aliphatic heterocycles. The lowest BCUT2D eigenvalue weighted by Gasteiger charge is -2.13. The van der Waals surface area contributed by atoms with Crippen LogP contribution in [0.1, 0.15) is 18.5 Å². The summed E-state index contributed by atoms with van der Waals surface area (Å²) in [4.78, 5) is 10.9. The van der Waals surface area contributed by atoms with E-state index >= 15 is 0 Å². The monoisotopic (exact) mass is 227 g/mol. The first-order valence-corrected chi connectivity index (χ1v) is 5.07. The number of hydrogen-bond donors (Lipinski definition) is 1. The summed E-state index contributed by atoms with van der Waals surface area (Å²) < 4.78 is 4.53. The standard InChI is InChI=1S/C11H14ClNO2/c1-8(13-7-11(14)15-2)9-4-3-5-10(12)6-9/h3-6,8,13H,7H2,1-2H3/t8-/m0/s1. The molecule has 1 atom stereocenters. The third-order valence-corrected chi connectivity index (χ3v) is 2.36. The van der Waals surface area contributed by atoms with Gasteiger partial charge >= 0.3 is 5.97 Å². The Labute approximate surface area is 94.4 Å². The van der Waals surface area contributed by atoms with Crippen molar-refractivity contribution in [2.24, 2.45) is 0 Å². The first-order chi connectivity index (χ1) is 7.13. The first-order valence-electron chi connectivity index (χ1n) is 4.69. The topological polar surface area (TPSA) is 38.3 Å². The SMILES string of the molecule is COC(=O)CN[C@@H](C)c1cccc(Cl)c1. The van der Waals surface area contributed by atoms with E-state index in [-0.39, 0.29) is 18.6 Å². The van der Waals surface area contributed by atoms with Gasteiger partial charge in [0, 0.05) is 11.1 Å². The van der Waals surface area contributed by atoms with Gasteiger partial charge in [-0.05, 0) is 24.6 Å². The van der Waals surface area contributed by atoms with E-state index in [1.807, 2.05) is 31.2 Å². The van der Waals surface area contributed by atoms with E-state index in [1.165, 1.54) is 7.11 Å². The third kappa shape index (κ3) is 3.90. The van der Waals surface area contributed by atoms with Crippen LogP contribution in [0.25, 0.3) is 0 Å². The Morgan fingerprint density at radius 1 is 1.60 bits per heavy atom. The molecule has 0 heterocycles. The highest BCUT2D eigenvalue weighted by Gasteiger charge is 2.07. The molecule has 3 nitrogen and oxygen atoms in total.